The van der Waals surface area contributed by atoms with E-state index in [0.29, 0.717) is 11.4 Å². The van der Waals surface area contributed by atoms with Gasteiger partial charge in [0.25, 0.3) is 0 Å². The van der Waals surface area contributed by atoms with Gasteiger partial charge in [-0.15, -0.1) is 11.3 Å². The zero-order valence-electron chi connectivity index (χ0n) is 7.63. The van der Waals surface area contributed by atoms with Crippen LogP contribution in [0.1, 0.15) is 37.0 Å². The molecule has 0 aliphatic heterocycles. The van der Waals surface area contributed by atoms with Gasteiger partial charge < -0.3 is 0 Å². The Morgan fingerprint density at radius 1 is 1.58 bits per heavy atom. The number of nitrogens with zero attached hydrogens (tertiary/aromatic N) is 1. The molecule has 2 nitrogen and oxygen atoms in total. The van der Waals surface area contributed by atoms with Gasteiger partial charge in [0.2, 0.25) is 0 Å². The molecule has 0 spiro atoms. The van der Waals surface area contributed by atoms with Crippen molar-refractivity contribution in [3.63, 3.8) is 0 Å². The van der Waals surface area contributed by atoms with Gasteiger partial charge in [-0.2, -0.15) is 0 Å². The molecule has 66 valence electrons. The number of carbonyl (C=O) groups excluding carboxylic acids is 1. The van der Waals surface area contributed by atoms with Gasteiger partial charge in [-0.25, -0.2) is 4.98 Å². The highest BCUT2D eigenvalue weighted by Crippen LogP contribution is 2.21. The fourth-order valence-electron chi connectivity index (χ4n) is 0.918. The number of thiazole rings is 1. The molecular formula is C9H13NOS. The van der Waals surface area contributed by atoms with Crippen LogP contribution in [0, 0.1) is 5.41 Å². The van der Waals surface area contributed by atoms with E-state index in [2.05, 4.69) is 25.8 Å². The molecule has 0 aromatic carbocycles. The van der Waals surface area contributed by atoms with Crippen molar-refractivity contribution in [2.45, 2.75) is 27.2 Å². The fraction of sp³-hybridized carbons (Fsp3) is 0.556. The van der Waals surface area contributed by atoms with Crippen molar-refractivity contribution in [3.05, 3.63) is 16.6 Å². The molecule has 0 amide bonds. The molecule has 0 saturated carbocycles. The minimum atomic E-state index is 0.0583. The second-order valence-corrected chi connectivity index (χ2v) is 4.89. The number of Topliss-reactive ketones (excluding diaryl/α,β-unsaturated/α-hetero) is 1. The van der Waals surface area contributed by atoms with Gasteiger partial charge in [0.1, 0.15) is 0 Å². The number of hydrogen-bond acceptors (Lipinski definition) is 3. The first-order valence-corrected chi connectivity index (χ1v) is 4.80. The molecule has 0 bridgehead atoms. The van der Waals surface area contributed by atoms with Crippen molar-refractivity contribution in [1.82, 2.24) is 4.98 Å². The molecule has 0 aliphatic rings. The first kappa shape index (κ1) is 9.39. The lowest BCUT2D eigenvalue weighted by Crippen LogP contribution is -2.12. The summed E-state index contributed by atoms with van der Waals surface area (Å²) >= 11 is 1.41. The zero-order valence-corrected chi connectivity index (χ0v) is 8.44. The van der Waals surface area contributed by atoms with Gasteiger partial charge in [-0.05, 0) is 5.41 Å². The highest BCUT2D eigenvalue weighted by atomic mass is 32.1. The highest BCUT2D eigenvalue weighted by Gasteiger charge is 2.18. The second kappa shape index (κ2) is 3.35. The minimum absolute atomic E-state index is 0.0583. The Balaban J connectivity index is 2.63. The maximum atomic E-state index is 11.5. The molecule has 1 aromatic rings. The molecule has 1 aromatic heterocycles. The first-order valence-electron chi connectivity index (χ1n) is 3.92. The lowest BCUT2D eigenvalue weighted by molar-refractivity contribution is 0.0939. The van der Waals surface area contributed by atoms with Gasteiger partial charge >= 0.3 is 0 Å². The van der Waals surface area contributed by atoms with Gasteiger partial charge in [0.15, 0.2) is 10.8 Å². The predicted molar refractivity (Wildman–Crippen MR) is 50.5 cm³/mol. The quantitative estimate of drug-likeness (QED) is 0.660. The second-order valence-electron chi connectivity index (χ2n) is 4.00. The summed E-state index contributed by atoms with van der Waals surface area (Å²) in [6.45, 7) is 6.16. The molecule has 3 heteroatoms. The van der Waals surface area contributed by atoms with E-state index in [0.717, 1.165) is 0 Å². The average Bonchev–Trinajstić information content (AvgIpc) is 2.32. The van der Waals surface area contributed by atoms with Crippen LogP contribution in [0.4, 0.5) is 0 Å². The number of carbonyl (C=O) groups is 1. The Kier molecular flexibility index (Phi) is 2.62. The van der Waals surface area contributed by atoms with Crippen LogP contribution in [0.5, 0.6) is 0 Å². The Labute approximate surface area is 76.6 Å². The van der Waals surface area contributed by atoms with Crippen molar-refractivity contribution in [2.75, 3.05) is 0 Å². The molecule has 1 rings (SSSR count). The first-order chi connectivity index (χ1) is 5.49. The number of aromatic nitrogens is 1. The molecule has 0 saturated heterocycles. The van der Waals surface area contributed by atoms with E-state index >= 15 is 0 Å². The lowest BCUT2D eigenvalue weighted by atomic mass is 9.90. The van der Waals surface area contributed by atoms with Crippen LogP contribution in [0.2, 0.25) is 0 Å². The van der Waals surface area contributed by atoms with Crippen molar-refractivity contribution in [1.29, 1.82) is 0 Å². The lowest BCUT2D eigenvalue weighted by Gasteiger charge is -2.15. The molecule has 1 heterocycles. The molecular weight excluding hydrogens is 170 g/mol. The number of ketones is 1. The van der Waals surface area contributed by atoms with Crippen molar-refractivity contribution >= 4 is 17.1 Å². The van der Waals surface area contributed by atoms with Crippen LogP contribution < -0.4 is 0 Å². The van der Waals surface area contributed by atoms with E-state index in [4.69, 9.17) is 0 Å². The van der Waals surface area contributed by atoms with Gasteiger partial charge in [-0.1, -0.05) is 20.8 Å². The number of rotatable bonds is 2. The van der Waals surface area contributed by atoms with E-state index in [1.807, 2.05) is 5.38 Å². The summed E-state index contributed by atoms with van der Waals surface area (Å²) in [5.41, 5.74) is 0.0583. The number of hydrogen-bond donors (Lipinski definition) is 0. The average molecular weight is 183 g/mol. The van der Waals surface area contributed by atoms with Crippen LogP contribution in [0.15, 0.2) is 11.6 Å². The Bertz CT molecular complexity index is 259. The molecule has 0 unspecified atom stereocenters. The van der Waals surface area contributed by atoms with Crippen LogP contribution in [-0.2, 0) is 0 Å². The fourth-order valence-corrected chi connectivity index (χ4v) is 1.49. The summed E-state index contributed by atoms with van der Waals surface area (Å²) < 4.78 is 0. The molecule has 0 atom stereocenters. The normalized spacial score (nSPS) is 11.6. The Morgan fingerprint density at radius 2 is 2.25 bits per heavy atom. The summed E-state index contributed by atoms with van der Waals surface area (Å²) in [6.07, 6.45) is 2.24. The van der Waals surface area contributed by atoms with E-state index < -0.39 is 0 Å². The Hall–Kier alpha value is -0.700. The van der Waals surface area contributed by atoms with Crippen molar-refractivity contribution in [3.8, 4) is 0 Å². The van der Waals surface area contributed by atoms with Crippen molar-refractivity contribution in [2.24, 2.45) is 5.41 Å². The topological polar surface area (TPSA) is 30.0 Å². The SMILES string of the molecule is CC(C)(C)CC(=O)c1nccs1. The minimum Gasteiger partial charge on any atom is -0.291 e. The maximum absolute atomic E-state index is 11.5. The molecule has 0 aliphatic carbocycles. The third-order valence-electron chi connectivity index (χ3n) is 1.36. The van der Waals surface area contributed by atoms with Gasteiger partial charge in [0, 0.05) is 18.0 Å². The van der Waals surface area contributed by atoms with Crippen LogP contribution in [0.3, 0.4) is 0 Å². The van der Waals surface area contributed by atoms with Crippen LogP contribution >= 0.6 is 11.3 Å². The van der Waals surface area contributed by atoms with E-state index in [-0.39, 0.29) is 11.2 Å². The third-order valence-corrected chi connectivity index (χ3v) is 2.18. The molecule has 0 fully saturated rings. The van der Waals surface area contributed by atoms with Crippen LogP contribution in [0.25, 0.3) is 0 Å². The van der Waals surface area contributed by atoms with E-state index in [1.165, 1.54) is 11.3 Å². The summed E-state index contributed by atoms with van der Waals surface area (Å²) in [5.74, 6) is 0.150. The highest BCUT2D eigenvalue weighted by molar-refractivity contribution is 7.11. The molecule has 12 heavy (non-hydrogen) atoms. The smallest absolute Gasteiger partial charge is 0.191 e. The Morgan fingerprint density at radius 3 is 2.67 bits per heavy atom. The van der Waals surface area contributed by atoms with E-state index in [1.54, 1.807) is 6.20 Å². The van der Waals surface area contributed by atoms with Gasteiger partial charge in [-0.3, -0.25) is 4.79 Å². The maximum Gasteiger partial charge on any atom is 0.191 e. The zero-order chi connectivity index (χ0) is 9.19. The summed E-state index contributed by atoms with van der Waals surface area (Å²) in [7, 11) is 0. The monoisotopic (exact) mass is 183 g/mol. The summed E-state index contributed by atoms with van der Waals surface area (Å²) in [6, 6.07) is 0. The standard InChI is InChI=1S/C9H13NOS/c1-9(2,3)6-7(11)8-10-4-5-12-8/h4-5H,6H2,1-3H3. The third kappa shape index (κ3) is 2.74. The molecule has 0 radical (unpaired) electrons. The summed E-state index contributed by atoms with van der Waals surface area (Å²) in [5, 5.41) is 2.46. The van der Waals surface area contributed by atoms with Crippen molar-refractivity contribution < 1.29 is 4.79 Å². The van der Waals surface area contributed by atoms with Crippen LogP contribution in [-0.4, -0.2) is 10.8 Å². The van der Waals surface area contributed by atoms with E-state index in [9.17, 15) is 4.79 Å². The molecule has 0 N–H and O–H groups in total. The van der Waals surface area contributed by atoms with Gasteiger partial charge in [0.05, 0.1) is 0 Å². The predicted octanol–water partition coefficient (Wildman–Crippen LogP) is 2.76. The summed E-state index contributed by atoms with van der Waals surface area (Å²) in [4.78, 5) is 15.4. The largest absolute Gasteiger partial charge is 0.291 e.